The summed E-state index contributed by atoms with van der Waals surface area (Å²) < 4.78 is 0. The minimum absolute atomic E-state index is 0.199. The minimum atomic E-state index is 0.199. The van der Waals surface area contributed by atoms with E-state index in [-0.39, 0.29) is 11.3 Å². The molecule has 0 saturated heterocycles. The lowest BCUT2D eigenvalue weighted by molar-refractivity contribution is -0.120. The van der Waals surface area contributed by atoms with Gasteiger partial charge in [-0.15, -0.1) is 0 Å². The van der Waals surface area contributed by atoms with Crippen molar-refractivity contribution in [3.63, 3.8) is 0 Å². The number of nitrogens with one attached hydrogen (secondary N) is 1. The molecular formula is C17H24N2O. The first-order valence-electron chi connectivity index (χ1n) is 7.68. The number of fused-ring (bicyclic) bond motifs is 1. The number of benzene rings is 1. The van der Waals surface area contributed by atoms with Crippen molar-refractivity contribution >= 4 is 11.6 Å². The fourth-order valence-corrected chi connectivity index (χ4v) is 3.33. The van der Waals surface area contributed by atoms with E-state index in [1.54, 1.807) is 0 Å². The molecule has 1 fully saturated rings. The molecule has 3 nitrogen and oxygen atoms in total. The number of hydrogen-bond acceptors (Lipinski definition) is 2. The number of anilines is 1. The van der Waals surface area contributed by atoms with Crippen molar-refractivity contribution in [2.24, 2.45) is 11.3 Å². The van der Waals surface area contributed by atoms with Crippen molar-refractivity contribution in [1.82, 2.24) is 5.32 Å². The number of amides is 1. The standard InChI is InChI=1S/C17H24N2O/c1-4-18-14-9-10-19(15-8-6-5-7-12(14)15)16(20)13-11-17(13,2)3/h5-8,13-14,18H,4,9-11H2,1-3H3. The summed E-state index contributed by atoms with van der Waals surface area (Å²) in [5.41, 5.74) is 2.58. The van der Waals surface area contributed by atoms with E-state index < -0.39 is 0 Å². The molecule has 1 amide bonds. The van der Waals surface area contributed by atoms with Gasteiger partial charge in [-0.25, -0.2) is 0 Å². The molecule has 0 radical (unpaired) electrons. The summed E-state index contributed by atoms with van der Waals surface area (Å²) in [6.07, 6.45) is 2.03. The van der Waals surface area contributed by atoms with Gasteiger partial charge in [0.25, 0.3) is 0 Å². The maximum atomic E-state index is 12.7. The van der Waals surface area contributed by atoms with Crippen LogP contribution < -0.4 is 10.2 Å². The summed E-state index contributed by atoms with van der Waals surface area (Å²) in [5, 5.41) is 3.52. The van der Waals surface area contributed by atoms with Gasteiger partial charge in [0.1, 0.15) is 0 Å². The van der Waals surface area contributed by atoms with Gasteiger partial charge in [0, 0.05) is 24.2 Å². The molecule has 1 N–H and O–H groups in total. The van der Waals surface area contributed by atoms with E-state index in [2.05, 4.69) is 44.3 Å². The summed E-state index contributed by atoms with van der Waals surface area (Å²) in [7, 11) is 0. The predicted octanol–water partition coefficient (Wildman–Crippen LogP) is 3.12. The molecule has 1 heterocycles. The van der Waals surface area contributed by atoms with Crippen LogP contribution >= 0.6 is 0 Å². The van der Waals surface area contributed by atoms with Crippen molar-refractivity contribution in [2.45, 2.75) is 39.7 Å². The lowest BCUT2D eigenvalue weighted by Gasteiger charge is -2.35. The van der Waals surface area contributed by atoms with Gasteiger partial charge in [-0.05, 0) is 36.4 Å². The highest BCUT2D eigenvalue weighted by molar-refractivity contribution is 5.98. The van der Waals surface area contributed by atoms with Crippen LogP contribution in [0.5, 0.6) is 0 Å². The number of carbonyl (C=O) groups is 1. The monoisotopic (exact) mass is 272 g/mol. The normalized spacial score (nSPS) is 27.1. The molecule has 2 aliphatic rings. The fourth-order valence-electron chi connectivity index (χ4n) is 3.33. The van der Waals surface area contributed by atoms with E-state index in [0.29, 0.717) is 11.9 Å². The van der Waals surface area contributed by atoms with Crippen molar-refractivity contribution in [1.29, 1.82) is 0 Å². The van der Waals surface area contributed by atoms with E-state index in [9.17, 15) is 4.79 Å². The third kappa shape index (κ3) is 2.24. The predicted molar refractivity (Wildman–Crippen MR) is 81.7 cm³/mol. The maximum Gasteiger partial charge on any atom is 0.230 e. The Morgan fingerprint density at radius 2 is 2.10 bits per heavy atom. The number of hydrogen-bond donors (Lipinski definition) is 1. The molecule has 1 aromatic carbocycles. The number of nitrogens with zero attached hydrogens (tertiary/aromatic N) is 1. The quantitative estimate of drug-likeness (QED) is 0.917. The summed E-state index contributed by atoms with van der Waals surface area (Å²) in [6.45, 7) is 8.30. The Balaban J connectivity index is 1.87. The van der Waals surface area contributed by atoms with Gasteiger partial charge in [0.05, 0.1) is 0 Å². The Kier molecular flexibility index (Phi) is 3.33. The highest BCUT2D eigenvalue weighted by Crippen LogP contribution is 2.53. The van der Waals surface area contributed by atoms with Crippen molar-refractivity contribution in [3.8, 4) is 0 Å². The van der Waals surface area contributed by atoms with E-state index in [0.717, 1.165) is 31.6 Å². The number of para-hydroxylation sites is 1. The van der Waals surface area contributed by atoms with Crippen molar-refractivity contribution in [2.75, 3.05) is 18.0 Å². The molecular weight excluding hydrogens is 248 g/mol. The number of rotatable bonds is 3. The molecule has 0 bridgehead atoms. The highest BCUT2D eigenvalue weighted by Gasteiger charge is 2.52. The van der Waals surface area contributed by atoms with Crippen LogP contribution in [0.2, 0.25) is 0 Å². The van der Waals surface area contributed by atoms with E-state index in [4.69, 9.17) is 0 Å². The Morgan fingerprint density at radius 3 is 2.75 bits per heavy atom. The lowest BCUT2D eigenvalue weighted by Crippen LogP contribution is -2.41. The molecule has 1 aromatic rings. The molecule has 0 spiro atoms. The van der Waals surface area contributed by atoms with Gasteiger partial charge in [-0.2, -0.15) is 0 Å². The minimum Gasteiger partial charge on any atom is -0.312 e. The smallest absolute Gasteiger partial charge is 0.230 e. The van der Waals surface area contributed by atoms with Crippen molar-refractivity contribution in [3.05, 3.63) is 29.8 Å². The molecule has 2 atom stereocenters. The average molecular weight is 272 g/mol. The summed E-state index contributed by atoms with van der Waals surface area (Å²) in [5.74, 6) is 0.531. The second-order valence-electron chi connectivity index (χ2n) is 6.69. The molecule has 3 heteroatoms. The SMILES string of the molecule is CCNC1CCN(C(=O)C2CC2(C)C)c2ccccc21. The maximum absolute atomic E-state index is 12.7. The van der Waals surface area contributed by atoms with Crippen molar-refractivity contribution < 1.29 is 4.79 Å². The molecule has 20 heavy (non-hydrogen) atoms. The molecule has 1 saturated carbocycles. The largest absolute Gasteiger partial charge is 0.312 e. The van der Waals surface area contributed by atoms with Crippen LogP contribution in [-0.2, 0) is 4.79 Å². The third-order valence-electron chi connectivity index (χ3n) is 4.77. The Labute approximate surface area is 121 Å². The van der Waals surface area contributed by atoms with Crippen LogP contribution in [0, 0.1) is 11.3 Å². The van der Waals surface area contributed by atoms with Gasteiger partial charge in [0.2, 0.25) is 5.91 Å². The van der Waals surface area contributed by atoms with Gasteiger partial charge in [0.15, 0.2) is 0 Å². The summed E-state index contributed by atoms with van der Waals surface area (Å²) in [4.78, 5) is 14.7. The second kappa shape index (κ2) is 4.88. The van der Waals surface area contributed by atoms with Crippen LogP contribution in [-0.4, -0.2) is 19.0 Å². The summed E-state index contributed by atoms with van der Waals surface area (Å²) >= 11 is 0. The van der Waals surface area contributed by atoms with Crippen LogP contribution in [0.15, 0.2) is 24.3 Å². The average Bonchev–Trinajstić information content (AvgIpc) is 3.08. The van der Waals surface area contributed by atoms with Crippen LogP contribution in [0.4, 0.5) is 5.69 Å². The molecule has 1 aliphatic carbocycles. The molecule has 0 aromatic heterocycles. The zero-order chi connectivity index (χ0) is 14.3. The zero-order valence-corrected chi connectivity index (χ0v) is 12.6. The Bertz CT molecular complexity index is 523. The molecule has 1 aliphatic heterocycles. The fraction of sp³-hybridized carbons (Fsp3) is 0.588. The molecule has 108 valence electrons. The highest BCUT2D eigenvalue weighted by atomic mass is 16.2. The topological polar surface area (TPSA) is 32.3 Å². The first kappa shape index (κ1) is 13.6. The van der Waals surface area contributed by atoms with Gasteiger partial charge >= 0.3 is 0 Å². The van der Waals surface area contributed by atoms with Crippen LogP contribution in [0.1, 0.15) is 45.2 Å². The van der Waals surface area contributed by atoms with Gasteiger partial charge in [-0.3, -0.25) is 4.79 Å². The first-order valence-corrected chi connectivity index (χ1v) is 7.68. The van der Waals surface area contributed by atoms with Gasteiger partial charge in [-0.1, -0.05) is 39.0 Å². The second-order valence-corrected chi connectivity index (χ2v) is 6.69. The first-order chi connectivity index (χ1) is 9.54. The zero-order valence-electron chi connectivity index (χ0n) is 12.6. The lowest BCUT2D eigenvalue weighted by atomic mass is 9.95. The van der Waals surface area contributed by atoms with Crippen LogP contribution in [0.3, 0.4) is 0 Å². The van der Waals surface area contributed by atoms with Gasteiger partial charge < -0.3 is 10.2 Å². The third-order valence-corrected chi connectivity index (χ3v) is 4.77. The number of carbonyl (C=O) groups excluding carboxylic acids is 1. The Hall–Kier alpha value is -1.35. The molecule has 3 rings (SSSR count). The summed E-state index contributed by atoms with van der Waals surface area (Å²) in [6, 6.07) is 8.73. The Morgan fingerprint density at radius 1 is 1.40 bits per heavy atom. The molecule has 2 unspecified atom stereocenters. The van der Waals surface area contributed by atoms with Crippen LogP contribution in [0.25, 0.3) is 0 Å². The van der Waals surface area contributed by atoms with E-state index in [1.807, 2.05) is 11.0 Å². The van der Waals surface area contributed by atoms with E-state index >= 15 is 0 Å². The van der Waals surface area contributed by atoms with E-state index in [1.165, 1.54) is 5.56 Å².